The molecule has 14 nitrogen and oxygen atoms in total. The molecule has 3 atom stereocenters. The van der Waals surface area contributed by atoms with Crippen molar-refractivity contribution in [3.05, 3.63) is 131 Å². The normalized spacial score (nSPS) is 13.6. The first-order valence-electron chi connectivity index (χ1n) is 17.8. The molecule has 0 fully saturated rings. The second-order valence-corrected chi connectivity index (χ2v) is 13.6. The number of methoxy groups -OCH3 is 1. The molecule has 3 aromatic heterocycles. The molecule has 14 heteroatoms. The summed E-state index contributed by atoms with van der Waals surface area (Å²) >= 11 is 0. The van der Waals surface area contributed by atoms with E-state index in [1.165, 1.54) is 0 Å². The molecule has 1 unspecified atom stereocenters. The molecule has 0 aliphatic heterocycles. The zero-order chi connectivity index (χ0) is 38.2. The first-order valence-corrected chi connectivity index (χ1v) is 17.8. The lowest BCUT2D eigenvalue weighted by Gasteiger charge is -2.35. The number of hydrogen-bond donors (Lipinski definition) is 5. The van der Waals surface area contributed by atoms with Gasteiger partial charge >= 0.3 is 0 Å². The van der Waals surface area contributed by atoms with Crippen LogP contribution in [-0.2, 0) is 35.4 Å². The maximum atomic E-state index is 14.7. The minimum atomic E-state index is -1.75. The van der Waals surface area contributed by atoms with Gasteiger partial charge in [0, 0.05) is 43.7 Å². The van der Waals surface area contributed by atoms with Gasteiger partial charge in [-0.15, -0.1) is 0 Å². The molecule has 0 saturated carbocycles. The number of carbonyl (C=O) groups excluding carboxylic acids is 2. The number of nitrogens with zero attached hydrogens (tertiary/aromatic N) is 5. The summed E-state index contributed by atoms with van der Waals surface area (Å²) in [7, 11) is 1.60. The number of benzene rings is 3. The molecule has 0 aliphatic carbocycles. The number of primary amides is 1. The number of anilines is 1. The molecule has 3 heterocycles. The molecular formula is C40H46N10O4. The van der Waals surface area contributed by atoms with Crippen molar-refractivity contribution in [2.24, 2.45) is 17.4 Å². The number of aromatic amines is 1. The second-order valence-electron chi connectivity index (χ2n) is 13.6. The zero-order valence-corrected chi connectivity index (χ0v) is 30.7. The number of aryl methyl sites for hydroxylation is 3. The van der Waals surface area contributed by atoms with E-state index in [1.807, 2.05) is 56.3 Å². The Balaban J connectivity index is 1.28. The van der Waals surface area contributed by atoms with Crippen LogP contribution in [0.25, 0.3) is 11.1 Å². The Labute approximate surface area is 313 Å². The van der Waals surface area contributed by atoms with Gasteiger partial charge in [0.25, 0.3) is 0 Å². The Morgan fingerprint density at radius 3 is 2.39 bits per heavy atom. The van der Waals surface area contributed by atoms with Crippen LogP contribution in [0.5, 0.6) is 5.75 Å². The molecule has 6 aromatic rings. The average Bonchev–Trinajstić information content (AvgIpc) is 3.95. The first kappa shape index (κ1) is 37.5. The van der Waals surface area contributed by atoms with E-state index in [9.17, 15) is 9.59 Å². The van der Waals surface area contributed by atoms with Gasteiger partial charge in [-0.05, 0) is 78.6 Å². The van der Waals surface area contributed by atoms with Crippen molar-refractivity contribution in [3.8, 4) is 16.9 Å². The third kappa shape index (κ3) is 8.67. The molecule has 0 spiro atoms. The number of H-pyrrole nitrogens is 1. The highest BCUT2D eigenvalue weighted by molar-refractivity contribution is 5.93. The number of aromatic nitrogens is 6. The molecule has 3 aromatic carbocycles. The zero-order valence-electron chi connectivity index (χ0n) is 30.7. The summed E-state index contributed by atoms with van der Waals surface area (Å²) in [6.45, 7) is 4.29. The van der Waals surface area contributed by atoms with Gasteiger partial charge in [-0.1, -0.05) is 59.8 Å². The van der Waals surface area contributed by atoms with Crippen LogP contribution in [-0.4, -0.2) is 54.1 Å². The number of amides is 2. The van der Waals surface area contributed by atoms with Gasteiger partial charge in [0.05, 0.1) is 19.4 Å². The van der Waals surface area contributed by atoms with Crippen LogP contribution in [0.4, 0.5) is 5.95 Å². The van der Waals surface area contributed by atoms with E-state index < -0.39 is 29.3 Å². The highest BCUT2D eigenvalue weighted by Gasteiger charge is 2.45. The largest absolute Gasteiger partial charge is 0.497 e. The van der Waals surface area contributed by atoms with Crippen LogP contribution in [0.1, 0.15) is 58.5 Å². The van der Waals surface area contributed by atoms with Gasteiger partial charge in [-0.3, -0.25) is 9.59 Å². The maximum Gasteiger partial charge on any atom is 0.249 e. The summed E-state index contributed by atoms with van der Waals surface area (Å²) in [5.41, 5.74) is 23.9. The summed E-state index contributed by atoms with van der Waals surface area (Å²) in [6, 6.07) is 21.3. The standard InChI is InChI=1S/C40H46N10O4/c1-25-18-31(53-3)19-26(2)32(25)22-33(40(43,38(41)52)14-7-16-50-17-15-45-39(50)42)36(51)47-34(21-30-23-44-24-46-30)37-48-35(49-54-37)20-27-10-12-29(13-11-27)28-8-5-4-6-9-28/h4-6,8-13,15,17-19,23-24,33-34H,7,14,16,20-22,43H2,1-3H3,(H2,41,52)(H2,42,45)(H,44,46)(H,47,51)/t33-,34+,40?/m1/s1. The number of nitrogen functional groups attached to an aromatic ring is 1. The predicted octanol–water partition coefficient (Wildman–Crippen LogP) is 4.38. The Morgan fingerprint density at radius 2 is 1.76 bits per heavy atom. The number of rotatable bonds is 17. The highest BCUT2D eigenvalue weighted by Crippen LogP contribution is 2.31. The Morgan fingerprint density at radius 1 is 1.04 bits per heavy atom. The van der Waals surface area contributed by atoms with Crippen LogP contribution in [0.2, 0.25) is 0 Å². The van der Waals surface area contributed by atoms with Gasteiger partial charge in [0.1, 0.15) is 17.3 Å². The lowest BCUT2D eigenvalue weighted by molar-refractivity contribution is -0.135. The van der Waals surface area contributed by atoms with Crippen LogP contribution in [0.15, 0.2) is 96.2 Å². The topological polar surface area (TPSA) is 219 Å². The maximum absolute atomic E-state index is 14.7. The number of carbonyl (C=O) groups is 2. The molecule has 0 saturated heterocycles. The fourth-order valence-electron chi connectivity index (χ4n) is 6.84. The summed E-state index contributed by atoms with van der Waals surface area (Å²) in [6.07, 6.45) is 7.84. The predicted molar refractivity (Wildman–Crippen MR) is 204 cm³/mol. The highest BCUT2D eigenvalue weighted by atomic mass is 16.5. The van der Waals surface area contributed by atoms with Crippen LogP contribution in [0, 0.1) is 19.8 Å². The van der Waals surface area contributed by atoms with Gasteiger partial charge < -0.3 is 41.3 Å². The first-order chi connectivity index (χ1) is 26.0. The Hall–Kier alpha value is -6.28. The van der Waals surface area contributed by atoms with Gasteiger partial charge in [0.2, 0.25) is 17.7 Å². The van der Waals surface area contributed by atoms with Gasteiger partial charge in [-0.2, -0.15) is 4.98 Å². The smallest absolute Gasteiger partial charge is 0.249 e. The van der Waals surface area contributed by atoms with Crippen molar-refractivity contribution < 1.29 is 18.8 Å². The number of nitrogens with one attached hydrogen (secondary N) is 2. The molecule has 54 heavy (non-hydrogen) atoms. The molecule has 0 aliphatic rings. The van der Waals surface area contributed by atoms with Gasteiger partial charge in [0.15, 0.2) is 11.8 Å². The number of imidazole rings is 2. The van der Waals surface area contributed by atoms with E-state index in [0.717, 1.165) is 39.1 Å². The summed E-state index contributed by atoms with van der Waals surface area (Å²) in [5, 5.41) is 7.36. The molecule has 0 radical (unpaired) electrons. The van der Waals surface area contributed by atoms with E-state index in [-0.39, 0.29) is 25.2 Å². The number of nitrogens with two attached hydrogens (primary N) is 3. The van der Waals surface area contributed by atoms with Crippen molar-refractivity contribution in [2.45, 2.75) is 64.1 Å². The van der Waals surface area contributed by atoms with E-state index in [4.69, 9.17) is 31.4 Å². The Kier molecular flexibility index (Phi) is 11.5. The molecule has 0 bridgehead atoms. The molecule has 2 amide bonds. The van der Waals surface area contributed by atoms with Crippen molar-refractivity contribution >= 4 is 17.8 Å². The lowest BCUT2D eigenvalue weighted by atomic mass is 9.75. The minimum absolute atomic E-state index is 0.102. The van der Waals surface area contributed by atoms with Crippen molar-refractivity contribution in [3.63, 3.8) is 0 Å². The summed E-state index contributed by atoms with van der Waals surface area (Å²) < 4.78 is 13.0. The van der Waals surface area contributed by atoms with E-state index >= 15 is 0 Å². The Bertz CT molecular complexity index is 2140. The number of ether oxygens (including phenoxy) is 1. The number of hydrogen-bond acceptors (Lipinski definition) is 10. The van der Waals surface area contributed by atoms with Crippen LogP contribution < -0.4 is 27.3 Å². The lowest BCUT2D eigenvalue weighted by Crippen LogP contribution is -2.62. The fourth-order valence-corrected chi connectivity index (χ4v) is 6.84. The molecule has 8 N–H and O–H groups in total. The fraction of sp³-hybridized carbons (Fsp3) is 0.300. The van der Waals surface area contributed by atoms with Crippen LogP contribution in [0.3, 0.4) is 0 Å². The van der Waals surface area contributed by atoms with Crippen molar-refractivity contribution in [2.75, 3.05) is 12.8 Å². The summed E-state index contributed by atoms with van der Waals surface area (Å²) in [5.74, 6) is -0.716. The summed E-state index contributed by atoms with van der Waals surface area (Å²) in [4.78, 5) is 44.1. The third-order valence-electron chi connectivity index (χ3n) is 9.95. The SMILES string of the molecule is COc1cc(C)c(C[C@H](C(=O)N[C@@H](Cc2cnc[nH]2)c2nc(Cc3ccc(-c4ccccc4)cc3)no2)C(N)(CCCn2ccnc2N)C(N)=O)c(C)c1. The molecular weight excluding hydrogens is 685 g/mol. The van der Waals surface area contributed by atoms with E-state index in [1.54, 1.807) is 36.6 Å². The average molecular weight is 731 g/mol. The quantitative estimate of drug-likeness (QED) is 0.0892. The van der Waals surface area contributed by atoms with Crippen molar-refractivity contribution in [1.82, 2.24) is 35.0 Å². The van der Waals surface area contributed by atoms with E-state index in [2.05, 4.69) is 49.7 Å². The van der Waals surface area contributed by atoms with E-state index in [0.29, 0.717) is 36.9 Å². The van der Waals surface area contributed by atoms with Gasteiger partial charge in [-0.25, -0.2) is 9.97 Å². The molecule has 6 rings (SSSR count). The minimum Gasteiger partial charge on any atom is -0.497 e. The van der Waals surface area contributed by atoms with Crippen LogP contribution >= 0.6 is 0 Å². The van der Waals surface area contributed by atoms with Crippen molar-refractivity contribution in [1.29, 1.82) is 0 Å². The monoisotopic (exact) mass is 730 g/mol. The second kappa shape index (κ2) is 16.6. The molecule has 280 valence electrons. The third-order valence-corrected chi connectivity index (χ3v) is 9.95.